The van der Waals surface area contributed by atoms with Crippen molar-refractivity contribution < 1.29 is 33.7 Å². The number of aryl methyl sites for hydroxylation is 1. The fraction of sp³-hybridized carbons (Fsp3) is 0.500. The predicted octanol–water partition coefficient (Wildman–Crippen LogP) is 7.90. The van der Waals surface area contributed by atoms with E-state index < -0.39 is 17.4 Å². The van der Waals surface area contributed by atoms with Crippen LogP contribution in [0.5, 0.6) is 5.75 Å². The van der Waals surface area contributed by atoms with Gasteiger partial charge in [-0.15, -0.1) is 0 Å². The van der Waals surface area contributed by atoms with Crippen LogP contribution in [0.15, 0.2) is 54.7 Å². The number of ether oxygens (including phenoxy) is 3. The number of nitrogens with one attached hydrogen (secondary N) is 1. The van der Waals surface area contributed by atoms with Gasteiger partial charge in [0.05, 0.1) is 35.6 Å². The minimum absolute atomic E-state index is 0.0340. The highest BCUT2D eigenvalue weighted by molar-refractivity contribution is 5.95. The van der Waals surface area contributed by atoms with E-state index >= 15 is 0 Å². The number of benzene rings is 2. The van der Waals surface area contributed by atoms with Crippen LogP contribution in [0.3, 0.4) is 0 Å². The predicted molar refractivity (Wildman–Crippen MR) is 224 cm³/mol. The molecule has 4 bridgehead atoms. The number of nitrogens with zero attached hydrogens (tertiary/aromatic N) is 4. The van der Waals surface area contributed by atoms with Gasteiger partial charge in [0.25, 0.3) is 0 Å². The number of amides is 2. The average Bonchev–Trinajstić information content (AvgIpc) is 3.52. The number of methoxy groups -OCH3 is 1. The summed E-state index contributed by atoms with van der Waals surface area (Å²) in [5, 5.41) is 16.4. The minimum atomic E-state index is -1.02. The Balaban J connectivity index is 1.48. The first kappa shape index (κ1) is 42.4. The fourth-order valence-electron chi connectivity index (χ4n) is 8.41. The van der Waals surface area contributed by atoms with E-state index in [0.717, 1.165) is 62.4 Å². The van der Waals surface area contributed by atoms with Gasteiger partial charge in [0.2, 0.25) is 5.91 Å². The number of hydrogen-bond acceptors (Lipinski definition) is 8. The van der Waals surface area contributed by atoms with Gasteiger partial charge in [0, 0.05) is 78.7 Å². The second-order valence-electron chi connectivity index (χ2n) is 16.5. The summed E-state index contributed by atoms with van der Waals surface area (Å²) >= 11 is 0. The normalized spacial score (nSPS) is 19.6. The fourth-order valence-corrected chi connectivity index (χ4v) is 8.41. The Hall–Kier alpha value is -5.25. The molecule has 4 heterocycles. The quantitative estimate of drug-likeness (QED) is 0.180. The molecule has 1 fully saturated rings. The van der Waals surface area contributed by atoms with Gasteiger partial charge in [-0.2, -0.15) is 0 Å². The number of pyridine rings is 1. The van der Waals surface area contributed by atoms with Gasteiger partial charge >= 0.3 is 18.4 Å². The van der Waals surface area contributed by atoms with Crippen molar-refractivity contribution in [1.82, 2.24) is 19.9 Å². The third kappa shape index (κ3) is 9.54. The number of fused-ring (bicyclic) bond motifs is 4. The molecule has 308 valence electrons. The van der Waals surface area contributed by atoms with E-state index in [-0.39, 0.29) is 61.6 Å². The number of cyclic esters (lactones) is 1. The summed E-state index contributed by atoms with van der Waals surface area (Å²) in [6.45, 7) is 18.2. The number of aromatic nitrogens is 2. The van der Waals surface area contributed by atoms with Crippen LogP contribution in [-0.2, 0) is 48.0 Å². The highest BCUT2D eigenvalue weighted by atomic mass is 16.5. The molecular formula is C46H58N5O7+. The van der Waals surface area contributed by atoms with Crippen molar-refractivity contribution in [3.8, 4) is 34.7 Å². The van der Waals surface area contributed by atoms with Crippen LogP contribution in [-0.4, -0.2) is 77.0 Å². The molecule has 2 aliphatic heterocycles. The summed E-state index contributed by atoms with van der Waals surface area (Å²) in [6.07, 6.45) is 4.78. The number of phenols is 1. The van der Waals surface area contributed by atoms with Gasteiger partial charge in [0.15, 0.2) is 0 Å². The summed E-state index contributed by atoms with van der Waals surface area (Å²) in [7, 11) is 1.68. The molecule has 58 heavy (non-hydrogen) atoms. The Kier molecular flexibility index (Phi) is 13.6. The first-order valence-electron chi connectivity index (χ1n) is 20.6. The van der Waals surface area contributed by atoms with Gasteiger partial charge in [-0.25, -0.2) is 0 Å². The standard InChI is InChI=1S/C46H57N5O7/c1-8-50-40-15-14-33-26-37(40)38(43(50)36-12-11-18-48-42(36)30(3)56-7)27-46(4,5)28-58-41(53)13-9-10-19-51(47-6)45(55)39(24-31-22-34(33)25-35(52)23-31)49-44(54)29(2)32-16-20-57-21-17-32/h6,11-12,14-15,18,22-23,25-26,29-30,32,39H,8-10,13,16-17,19-21,24,27-28H2,1-5,7H3,(H-,49,52,54)/p+1/t29?,30-,39-/m0/s1. The van der Waals surface area contributed by atoms with Crippen LogP contribution < -0.4 is 5.32 Å². The van der Waals surface area contributed by atoms with E-state index in [0.29, 0.717) is 44.6 Å². The maximum absolute atomic E-state index is 14.2. The van der Waals surface area contributed by atoms with Gasteiger partial charge in [0.1, 0.15) is 11.8 Å². The number of hydrogen-bond donors (Lipinski definition) is 2. The Morgan fingerprint density at radius 2 is 1.88 bits per heavy atom. The molecule has 12 nitrogen and oxygen atoms in total. The molecule has 1 saturated heterocycles. The molecule has 0 radical (unpaired) electrons. The lowest BCUT2D eigenvalue weighted by Crippen LogP contribution is -2.50. The number of phenolic OH excluding ortho intramolecular Hbond substituents is 1. The van der Waals surface area contributed by atoms with Crippen LogP contribution in [0.4, 0.5) is 0 Å². The molecule has 0 aliphatic carbocycles. The first-order chi connectivity index (χ1) is 27.8. The smallest absolute Gasteiger partial charge is 0.317 e. The third-order valence-corrected chi connectivity index (χ3v) is 11.7. The Morgan fingerprint density at radius 1 is 1.10 bits per heavy atom. The summed E-state index contributed by atoms with van der Waals surface area (Å²) in [5.74, 6) is -1.23. The second kappa shape index (κ2) is 18.6. The molecule has 2 N–H and O–H groups in total. The molecule has 6 rings (SSSR count). The highest BCUT2D eigenvalue weighted by Crippen LogP contribution is 2.42. The van der Waals surface area contributed by atoms with Crippen LogP contribution in [0.2, 0.25) is 0 Å². The van der Waals surface area contributed by atoms with E-state index in [4.69, 9.17) is 25.8 Å². The largest absolute Gasteiger partial charge is 0.508 e. The number of carbonyl (C=O) groups is 3. The van der Waals surface area contributed by atoms with Crippen LogP contribution >= 0.6 is 0 Å². The zero-order chi connectivity index (χ0) is 41.6. The summed E-state index contributed by atoms with van der Waals surface area (Å²) < 4.78 is 19.5. The van der Waals surface area contributed by atoms with Crippen molar-refractivity contribution in [3.63, 3.8) is 0 Å². The van der Waals surface area contributed by atoms with Crippen LogP contribution in [0.25, 0.3) is 38.2 Å². The minimum Gasteiger partial charge on any atom is -0.508 e. The molecule has 2 aliphatic rings. The number of rotatable bonds is 7. The number of esters is 1. The van der Waals surface area contributed by atoms with Crippen molar-refractivity contribution in [2.24, 2.45) is 17.3 Å². The molecule has 0 spiro atoms. The number of aromatic hydroxyl groups is 1. The first-order valence-corrected chi connectivity index (χ1v) is 20.6. The molecule has 2 aromatic heterocycles. The van der Waals surface area contributed by atoms with E-state index in [2.05, 4.69) is 53.8 Å². The number of carbonyl (C=O) groups excluding carboxylic acids is 3. The molecule has 4 aromatic rings. The van der Waals surface area contributed by atoms with E-state index in [9.17, 15) is 19.5 Å². The molecular weight excluding hydrogens is 735 g/mol. The molecule has 2 aromatic carbocycles. The maximum atomic E-state index is 14.2. The lowest BCUT2D eigenvalue weighted by atomic mass is 9.84. The monoisotopic (exact) mass is 792 g/mol. The summed E-state index contributed by atoms with van der Waals surface area (Å²) in [4.78, 5) is 49.6. The van der Waals surface area contributed by atoms with Gasteiger partial charge in [-0.05, 0) is 111 Å². The summed E-state index contributed by atoms with van der Waals surface area (Å²) in [6, 6.07) is 14.6. The Morgan fingerprint density at radius 3 is 2.60 bits per heavy atom. The zero-order valence-electron chi connectivity index (χ0n) is 34.8. The third-order valence-electron chi connectivity index (χ3n) is 11.7. The topological polar surface area (TPSA) is 137 Å². The lowest BCUT2D eigenvalue weighted by molar-refractivity contribution is -0.146. The molecule has 1 unspecified atom stereocenters. The maximum Gasteiger partial charge on any atom is 0.317 e. The van der Waals surface area contributed by atoms with Crippen molar-refractivity contribution >= 4 is 28.7 Å². The van der Waals surface area contributed by atoms with Crippen molar-refractivity contribution in [2.45, 2.75) is 98.3 Å². The van der Waals surface area contributed by atoms with Crippen molar-refractivity contribution in [1.29, 1.82) is 0 Å². The molecule has 2 amide bonds. The molecule has 3 atom stereocenters. The van der Waals surface area contributed by atoms with Gasteiger partial charge in [-0.3, -0.25) is 19.4 Å². The molecule has 0 saturated carbocycles. The zero-order valence-corrected chi connectivity index (χ0v) is 34.8. The Bertz CT molecular complexity index is 2170. The average molecular weight is 793 g/mol. The van der Waals surface area contributed by atoms with Crippen molar-refractivity contribution in [3.05, 3.63) is 76.5 Å². The van der Waals surface area contributed by atoms with E-state index in [1.807, 2.05) is 32.0 Å². The van der Waals surface area contributed by atoms with E-state index in [1.165, 1.54) is 0 Å². The SMILES string of the molecule is C#[N+]N1CCCCC(=O)OCC(C)(C)Cc2c(-c3cccnc3[C@H](C)OC)n(CC)c3ccc(cc23)-c2cc(O)cc(c2)C[C@H](NC(=O)C(C)C2CCOCC2)C1=O. The van der Waals surface area contributed by atoms with Gasteiger partial charge in [-0.1, -0.05) is 32.9 Å². The highest BCUT2D eigenvalue weighted by Gasteiger charge is 2.35. The molecule has 12 heteroatoms. The van der Waals surface area contributed by atoms with Gasteiger partial charge < -0.3 is 29.2 Å². The van der Waals surface area contributed by atoms with E-state index in [1.54, 1.807) is 25.4 Å². The summed E-state index contributed by atoms with van der Waals surface area (Å²) in [5.41, 5.74) is 6.76. The van der Waals surface area contributed by atoms with Crippen LogP contribution in [0.1, 0.15) is 89.6 Å². The lowest BCUT2D eigenvalue weighted by Gasteiger charge is -2.28. The Labute approximate surface area is 341 Å². The van der Waals surface area contributed by atoms with Crippen LogP contribution in [0, 0.1) is 23.8 Å². The second-order valence-corrected chi connectivity index (χ2v) is 16.5. The van der Waals surface area contributed by atoms with Crippen molar-refractivity contribution in [2.75, 3.05) is 33.5 Å².